The quantitative estimate of drug-likeness (QED) is 0.705. The molecule has 2 aromatic carbocycles. The van der Waals surface area contributed by atoms with Gasteiger partial charge in [-0.25, -0.2) is 0 Å². The Balaban J connectivity index is 2.25. The molecule has 4 heteroatoms. The lowest BCUT2D eigenvalue weighted by atomic mass is 9.75. The van der Waals surface area contributed by atoms with Crippen molar-refractivity contribution in [3.05, 3.63) is 47.5 Å². The number of hydrogen-bond acceptors (Lipinski definition) is 3. The molecule has 0 aliphatic carbocycles. The second-order valence-electron chi connectivity index (χ2n) is 8.36. The summed E-state index contributed by atoms with van der Waals surface area (Å²) in [6.45, 7) is 13.0. The molecule has 0 fully saturated rings. The van der Waals surface area contributed by atoms with Gasteiger partial charge in [0.2, 0.25) is 0 Å². The van der Waals surface area contributed by atoms with Crippen LogP contribution in [0.15, 0.2) is 36.4 Å². The minimum absolute atomic E-state index is 0.0440. The fourth-order valence-electron chi connectivity index (χ4n) is 2.95. The van der Waals surface area contributed by atoms with Gasteiger partial charge in [-0.2, -0.15) is 0 Å². The van der Waals surface area contributed by atoms with Crippen LogP contribution >= 0.6 is 0 Å². The van der Waals surface area contributed by atoms with Gasteiger partial charge in [-0.05, 0) is 46.2 Å². The highest BCUT2D eigenvalue weighted by Gasteiger charge is 2.27. The van der Waals surface area contributed by atoms with E-state index in [9.17, 15) is 5.11 Å². The molecule has 0 saturated carbocycles. The molecule has 3 aromatic rings. The van der Waals surface area contributed by atoms with E-state index in [2.05, 4.69) is 51.7 Å². The maximum atomic E-state index is 10.6. The van der Waals surface area contributed by atoms with Gasteiger partial charge in [-0.15, -0.1) is 15.0 Å². The monoisotopic (exact) mass is 323 g/mol. The number of rotatable bonds is 1. The van der Waals surface area contributed by atoms with Crippen molar-refractivity contribution in [3.63, 3.8) is 0 Å². The lowest BCUT2D eigenvalue weighted by Gasteiger charge is -2.30. The summed E-state index contributed by atoms with van der Waals surface area (Å²) in [5.74, 6) is 0.202. The zero-order valence-corrected chi connectivity index (χ0v) is 15.3. The first-order chi connectivity index (χ1) is 11.1. The predicted molar refractivity (Wildman–Crippen MR) is 97.9 cm³/mol. The van der Waals surface area contributed by atoms with E-state index >= 15 is 0 Å². The Morgan fingerprint density at radius 1 is 0.792 bits per heavy atom. The van der Waals surface area contributed by atoms with Gasteiger partial charge in [0.1, 0.15) is 22.5 Å². The number of phenolic OH excluding ortho intramolecular Hbond substituents is 1. The minimum Gasteiger partial charge on any atom is -0.506 e. The third kappa shape index (κ3) is 2.88. The first-order valence-electron chi connectivity index (χ1n) is 8.28. The molecule has 0 aliphatic heterocycles. The van der Waals surface area contributed by atoms with E-state index < -0.39 is 0 Å². The van der Waals surface area contributed by atoms with Crippen LogP contribution in [0.4, 0.5) is 0 Å². The van der Waals surface area contributed by atoms with E-state index in [0.717, 1.165) is 16.6 Å². The standard InChI is InChI=1S/C20H25N3O/c1-19(2,3)13-11-17(18(24)12-14(13)20(4,5)6)23-21-15-9-7-8-10-16(15)22-23/h7-12,24H,1-6H3. The largest absolute Gasteiger partial charge is 0.506 e. The average molecular weight is 323 g/mol. The van der Waals surface area contributed by atoms with Gasteiger partial charge in [0.15, 0.2) is 0 Å². The van der Waals surface area contributed by atoms with Gasteiger partial charge in [0.25, 0.3) is 0 Å². The lowest BCUT2D eigenvalue weighted by molar-refractivity contribution is 0.458. The molecule has 1 aromatic heterocycles. The molecule has 0 unspecified atom stereocenters. The van der Waals surface area contributed by atoms with Crippen molar-refractivity contribution >= 4 is 11.0 Å². The highest BCUT2D eigenvalue weighted by molar-refractivity contribution is 5.73. The molecular formula is C20H25N3O. The number of fused-ring (bicyclic) bond motifs is 1. The minimum atomic E-state index is -0.0547. The van der Waals surface area contributed by atoms with Crippen molar-refractivity contribution in [2.45, 2.75) is 52.4 Å². The van der Waals surface area contributed by atoms with Crippen LogP contribution in [0.3, 0.4) is 0 Å². The summed E-state index contributed by atoms with van der Waals surface area (Å²) in [5, 5.41) is 19.6. The lowest BCUT2D eigenvalue weighted by Crippen LogP contribution is -2.22. The molecule has 0 aliphatic rings. The molecule has 4 nitrogen and oxygen atoms in total. The van der Waals surface area contributed by atoms with Crippen molar-refractivity contribution < 1.29 is 5.11 Å². The third-order valence-corrected chi connectivity index (χ3v) is 4.23. The summed E-state index contributed by atoms with van der Waals surface area (Å²) in [4.78, 5) is 1.53. The fourth-order valence-corrected chi connectivity index (χ4v) is 2.95. The Morgan fingerprint density at radius 3 is 1.71 bits per heavy atom. The number of aromatic hydroxyl groups is 1. The fraction of sp³-hybridized carbons (Fsp3) is 0.400. The summed E-state index contributed by atoms with van der Waals surface area (Å²) in [6, 6.07) is 11.6. The van der Waals surface area contributed by atoms with Crippen LogP contribution in [-0.4, -0.2) is 20.1 Å². The third-order valence-electron chi connectivity index (χ3n) is 4.23. The van der Waals surface area contributed by atoms with Crippen LogP contribution in [-0.2, 0) is 10.8 Å². The molecule has 0 amide bonds. The highest BCUT2D eigenvalue weighted by atomic mass is 16.3. The van der Waals surface area contributed by atoms with E-state index in [-0.39, 0.29) is 16.6 Å². The summed E-state index contributed by atoms with van der Waals surface area (Å²) in [7, 11) is 0. The van der Waals surface area contributed by atoms with Crippen LogP contribution in [0.1, 0.15) is 52.7 Å². The molecule has 24 heavy (non-hydrogen) atoms. The molecule has 1 N–H and O–H groups in total. The first-order valence-corrected chi connectivity index (χ1v) is 8.28. The van der Waals surface area contributed by atoms with Gasteiger partial charge in [0, 0.05) is 0 Å². The smallest absolute Gasteiger partial charge is 0.143 e. The van der Waals surface area contributed by atoms with Crippen molar-refractivity contribution in [2.75, 3.05) is 0 Å². The van der Waals surface area contributed by atoms with Crippen LogP contribution in [0.2, 0.25) is 0 Å². The molecular weight excluding hydrogens is 298 g/mol. The molecule has 1 heterocycles. The van der Waals surface area contributed by atoms with Gasteiger partial charge >= 0.3 is 0 Å². The molecule has 0 saturated heterocycles. The van der Waals surface area contributed by atoms with Crippen LogP contribution in [0.25, 0.3) is 16.7 Å². The first kappa shape index (κ1) is 16.5. The maximum Gasteiger partial charge on any atom is 0.143 e. The maximum absolute atomic E-state index is 10.6. The number of hydrogen-bond donors (Lipinski definition) is 1. The topological polar surface area (TPSA) is 50.9 Å². The van der Waals surface area contributed by atoms with E-state index in [1.165, 1.54) is 10.4 Å². The van der Waals surface area contributed by atoms with Gasteiger partial charge in [0.05, 0.1) is 0 Å². The van der Waals surface area contributed by atoms with Crippen molar-refractivity contribution in [3.8, 4) is 11.4 Å². The Bertz CT molecular complexity index is 862. The van der Waals surface area contributed by atoms with Crippen molar-refractivity contribution in [1.82, 2.24) is 15.0 Å². The van der Waals surface area contributed by atoms with E-state index in [1.54, 1.807) is 0 Å². The molecule has 0 spiro atoms. The van der Waals surface area contributed by atoms with E-state index in [1.807, 2.05) is 36.4 Å². The Labute approximate surface area is 143 Å². The number of aromatic nitrogens is 3. The van der Waals surface area contributed by atoms with Crippen LogP contribution in [0.5, 0.6) is 5.75 Å². The van der Waals surface area contributed by atoms with Crippen molar-refractivity contribution in [2.24, 2.45) is 0 Å². The number of nitrogens with zero attached hydrogens (tertiary/aromatic N) is 3. The molecule has 3 rings (SSSR count). The molecule has 126 valence electrons. The summed E-state index contributed by atoms with van der Waals surface area (Å²) in [6.07, 6.45) is 0. The summed E-state index contributed by atoms with van der Waals surface area (Å²) < 4.78 is 0. The number of phenols is 1. The summed E-state index contributed by atoms with van der Waals surface area (Å²) in [5.41, 5.74) is 4.49. The Morgan fingerprint density at radius 2 is 1.25 bits per heavy atom. The van der Waals surface area contributed by atoms with Gasteiger partial charge < -0.3 is 5.11 Å². The SMILES string of the molecule is CC(C)(C)c1cc(O)c(-n2nc3ccccc3n2)cc1C(C)(C)C. The van der Waals surface area contributed by atoms with Crippen LogP contribution in [0, 0.1) is 0 Å². The second kappa shape index (κ2) is 5.33. The molecule has 0 bridgehead atoms. The predicted octanol–water partition coefficient (Wildman–Crippen LogP) is 4.72. The summed E-state index contributed by atoms with van der Waals surface area (Å²) >= 11 is 0. The second-order valence-corrected chi connectivity index (χ2v) is 8.36. The highest BCUT2D eigenvalue weighted by Crippen LogP contribution is 2.38. The van der Waals surface area contributed by atoms with Gasteiger partial charge in [-0.1, -0.05) is 53.7 Å². The Hall–Kier alpha value is -2.36. The molecule has 0 atom stereocenters. The van der Waals surface area contributed by atoms with E-state index in [0.29, 0.717) is 5.69 Å². The zero-order chi connectivity index (χ0) is 17.7. The Kier molecular flexibility index (Phi) is 3.67. The molecule has 0 radical (unpaired) electrons. The van der Waals surface area contributed by atoms with Gasteiger partial charge in [-0.3, -0.25) is 0 Å². The van der Waals surface area contributed by atoms with Crippen LogP contribution < -0.4 is 0 Å². The normalized spacial score (nSPS) is 12.8. The van der Waals surface area contributed by atoms with E-state index in [4.69, 9.17) is 0 Å². The number of benzene rings is 2. The average Bonchev–Trinajstić information content (AvgIpc) is 2.88. The zero-order valence-electron chi connectivity index (χ0n) is 15.3. The van der Waals surface area contributed by atoms with Crippen molar-refractivity contribution in [1.29, 1.82) is 0 Å².